The van der Waals surface area contributed by atoms with Crippen molar-refractivity contribution < 1.29 is 9.53 Å². The molecule has 1 aromatic rings. The Balaban J connectivity index is 1.98. The average molecular weight is 276 g/mol. The van der Waals surface area contributed by atoms with Crippen LogP contribution >= 0.6 is 0 Å². The summed E-state index contributed by atoms with van der Waals surface area (Å²) in [4.78, 5) is 12.3. The summed E-state index contributed by atoms with van der Waals surface area (Å²) in [5.74, 6) is -0.0196. The number of hydrogen-bond acceptors (Lipinski definition) is 3. The first-order valence-electron chi connectivity index (χ1n) is 7.28. The zero-order valence-corrected chi connectivity index (χ0v) is 12.6. The van der Waals surface area contributed by atoms with E-state index in [-0.39, 0.29) is 11.5 Å². The molecule has 4 nitrogen and oxygen atoms in total. The standard InChI is InChI=1S/C16H24N2O2/c1-4-17-13-6-7-14(12(2)10-13)15(19)18-11-16(20-3)8-5-9-16/h6-7,10,17H,4-5,8-9,11H2,1-3H3,(H,18,19). The van der Waals surface area contributed by atoms with Crippen molar-refractivity contribution in [1.82, 2.24) is 5.32 Å². The lowest BCUT2D eigenvalue weighted by molar-refractivity contribution is -0.0679. The van der Waals surface area contributed by atoms with Gasteiger partial charge in [0.15, 0.2) is 0 Å². The number of rotatable bonds is 6. The number of carbonyl (C=O) groups excluding carboxylic acids is 1. The second kappa shape index (κ2) is 6.27. The minimum Gasteiger partial charge on any atom is -0.385 e. The number of amides is 1. The van der Waals surface area contributed by atoms with Gasteiger partial charge in [-0.05, 0) is 56.9 Å². The normalized spacial score (nSPS) is 16.4. The second-order valence-electron chi connectivity index (χ2n) is 5.48. The van der Waals surface area contributed by atoms with Gasteiger partial charge in [0.25, 0.3) is 5.91 Å². The highest BCUT2D eigenvalue weighted by atomic mass is 16.5. The summed E-state index contributed by atoms with van der Waals surface area (Å²) in [5.41, 5.74) is 2.64. The molecule has 0 spiro atoms. The fraction of sp³-hybridized carbons (Fsp3) is 0.562. The van der Waals surface area contributed by atoms with E-state index in [2.05, 4.69) is 17.6 Å². The maximum atomic E-state index is 12.3. The van der Waals surface area contributed by atoms with Crippen molar-refractivity contribution in [2.24, 2.45) is 0 Å². The Morgan fingerprint density at radius 3 is 2.65 bits per heavy atom. The molecule has 2 N–H and O–H groups in total. The molecular formula is C16H24N2O2. The van der Waals surface area contributed by atoms with Crippen molar-refractivity contribution >= 4 is 11.6 Å². The van der Waals surface area contributed by atoms with Crippen LogP contribution in [-0.2, 0) is 4.74 Å². The number of ether oxygens (including phenoxy) is 1. The molecule has 20 heavy (non-hydrogen) atoms. The van der Waals surface area contributed by atoms with E-state index in [0.717, 1.165) is 36.2 Å². The third kappa shape index (κ3) is 3.12. The van der Waals surface area contributed by atoms with Gasteiger partial charge in [-0.25, -0.2) is 0 Å². The molecule has 2 rings (SSSR count). The molecule has 0 bridgehead atoms. The van der Waals surface area contributed by atoms with E-state index >= 15 is 0 Å². The van der Waals surface area contributed by atoms with Crippen LogP contribution in [-0.4, -0.2) is 31.7 Å². The van der Waals surface area contributed by atoms with E-state index in [1.165, 1.54) is 6.42 Å². The van der Waals surface area contributed by atoms with Crippen LogP contribution in [0.1, 0.15) is 42.1 Å². The largest absolute Gasteiger partial charge is 0.385 e. The van der Waals surface area contributed by atoms with Gasteiger partial charge < -0.3 is 15.4 Å². The Bertz CT molecular complexity index is 476. The zero-order valence-electron chi connectivity index (χ0n) is 12.6. The highest BCUT2D eigenvalue weighted by Gasteiger charge is 2.37. The molecule has 1 aromatic carbocycles. The van der Waals surface area contributed by atoms with Gasteiger partial charge in [0.2, 0.25) is 0 Å². The van der Waals surface area contributed by atoms with E-state index in [0.29, 0.717) is 6.54 Å². The van der Waals surface area contributed by atoms with Gasteiger partial charge in [0, 0.05) is 31.5 Å². The van der Waals surface area contributed by atoms with Gasteiger partial charge in [-0.15, -0.1) is 0 Å². The highest BCUT2D eigenvalue weighted by molar-refractivity contribution is 5.96. The van der Waals surface area contributed by atoms with Gasteiger partial charge in [-0.1, -0.05) is 0 Å². The number of methoxy groups -OCH3 is 1. The number of nitrogens with one attached hydrogen (secondary N) is 2. The van der Waals surface area contributed by atoms with Gasteiger partial charge in [0.1, 0.15) is 0 Å². The molecule has 1 aliphatic carbocycles. The van der Waals surface area contributed by atoms with E-state index in [9.17, 15) is 4.79 Å². The summed E-state index contributed by atoms with van der Waals surface area (Å²) in [6, 6.07) is 5.83. The first-order valence-corrected chi connectivity index (χ1v) is 7.28. The third-order valence-corrected chi connectivity index (χ3v) is 4.12. The SMILES string of the molecule is CCNc1ccc(C(=O)NCC2(OC)CCC2)c(C)c1. The molecule has 1 aliphatic rings. The van der Waals surface area contributed by atoms with Crippen LogP contribution in [0, 0.1) is 6.92 Å². The number of aryl methyl sites for hydroxylation is 1. The smallest absolute Gasteiger partial charge is 0.251 e. The molecule has 110 valence electrons. The molecule has 4 heteroatoms. The topological polar surface area (TPSA) is 50.4 Å². The number of anilines is 1. The molecule has 0 unspecified atom stereocenters. The predicted molar refractivity (Wildman–Crippen MR) is 81.3 cm³/mol. The Morgan fingerprint density at radius 2 is 2.15 bits per heavy atom. The van der Waals surface area contributed by atoms with Gasteiger partial charge in [0.05, 0.1) is 5.60 Å². The van der Waals surface area contributed by atoms with Crippen molar-refractivity contribution in [3.8, 4) is 0 Å². The third-order valence-electron chi connectivity index (χ3n) is 4.12. The number of carbonyl (C=O) groups is 1. The van der Waals surface area contributed by atoms with E-state index in [1.54, 1.807) is 7.11 Å². The van der Waals surface area contributed by atoms with Gasteiger partial charge in [-0.3, -0.25) is 4.79 Å². The monoisotopic (exact) mass is 276 g/mol. The Labute approximate surface area is 120 Å². The summed E-state index contributed by atoms with van der Waals surface area (Å²) >= 11 is 0. The van der Waals surface area contributed by atoms with E-state index < -0.39 is 0 Å². The minimum absolute atomic E-state index is 0.0196. The molecule has 0 heterocycles. The molecule has 1 amide bonds. The summed E-state index contributed by atoms with van der Waals surface area (Å²) in [6.45, 7) is 5.49. The van der Waals surface area contributed by atoms with Crippen LogP contribution < -0.4 is 10.6 Å². The predicted octanol–water partition coefficient (Wildman–Crippen LogP) is 2.73. The summed E-state index contributed by atoms with van der Waals surface area (Å²) in [5, 5.41) is 6.25. The fourth-order valence-corrected chi connectivity index (χ4v) is 2.59. The van der Waals surface area contributed by atoms with Crippen molar-refractivity contribution in [3.05, 3.63) is 29.3 Å². The highest BCUT2D eigenvalue weighted by Crippen LogP contribution is 2.34. The van der Waals surface area contributed by atoms with Gasteiger partial charge in [-0.2, -0.15) is 0 Å². The molecule has 0 atom stereocenters. The summed E-state index contributed by atoms with van der Waals surface area (Å²) in [6.07, 6.45) is 3.24. The first-order chi connectivity index (χ1) is 9.60. The van der Waals surface area contributed by atoms with Crippen LogP contribution in [0.2, 0.25) is 0 Å². The maximum Gasteiger partial charge on any atom is 0.251 e. The summed E-state index contributed by atoms with van der Waals surface area (Å²) < 4.78 is 5.52. The van der Waals surface area contributed by atoms with Crippen LogP contribution in [0.4, 0.5) is 5.69 Å². The number of benzene rings is 1. The van der Waals surface area contributed by atoms with Crippen molar-refractivity contribution in [1.29, 1.82) is 0 Å². The lowest BCUT2D eigenvalue weighted by atomic mass is 9.80. The zero-order chi connectivity index (χ0) is 14.6. The van der Waals surface area contributed by atoms with Crippen LogP contribution in [0.3, 0.4) is 0 Å². The lowest BCUT2D eigenvalue weighted by Gasteiger charge is -2.40. The van der Waals surface area contributed by atoms with Crippen LogP contribution in [0.5, 0.6) is 0 Å². The molecular weight excluding hydrogens is 252 g/mol. The quantitative estimate of drug-likeness (QED) is 0.840. The van der Waals surface area contributed by atoms with Crippen molar-refractivity contribution in [2.45, 2.75) is 38.7 Å². The molecule has 1 saturated carbocycles. The minimum atomic E-state index is -0.132. The van der Waals surface area contributed by atoms with E-state index in [1.807, 2.05) is 25.1 Å². The van der Waals surface area contributed by atoms with Crippen LogP contribution in [0.15, 0.2) is 18.2 Å². The first kappa shape index (κ1) is 14.9. The average Bonchev–Trinajstić information content (AvgIpc) is 2.38. The Morgan fingerprint density at radius 1 is 1.40 bits per heavy atom. The maximum absolute atomic E-state index is 12.3. The molecule has 0 aromatic heterocycles. The molecule has 0 aliphatic heterocycles. The lowest BCUT2D eigenvalue weighted by Crippen LogP contribution is -2.49. The Hall–Kier alpha value is -1.55. The Kier molecular flexibility index (Phi) is 4.65. The second-order valence-corrected chi connectivity index (χ2v) is 5.48. The van der Waals surface area contributed by atoms with Crippen molar-refractivity contribution in [2.75, 3.05) is 25.5 Å². The fourth-order valence-electron chi connectivity index (χ4n) is 2.59. The molecule has 0 radical (unpaired) electrons. The van der Waals surface area contributed by atoms with Crippen LogP contribution in [0.25, 0.3) is 0 Å². The summed E-state index contributed by atoms with van der Waals surface area (Å²) in [7, 11) is 1.72. The number of hydrogen-bond donors (Lipinski definition) is 2. The van der Waals surface area contributed by atoms with E-state index in [4.69, 9.17) is 4.74 Å². The van der Waals surface area contributed by atoms with Crippen molar-refractivity contribution in [3.63, 3.8) is 0 Å². The van der Waals surface area contributed by atoms with Gasteiger partial charge >= 0.3 is 0 Å². The molecule has 0 saturated heterocycles. The molecule has 1 fully saturated rings.